The van der Waals surface area contributed by atoms with Gasteiger partial charge in [-0.05, 0) is 38.1 Å². The molecule has 8 heteroatoms. The molecule has 2 rings (SSSR count). The van der Waals surface area contributed by atoms with Gasteiger partial charge < -0.3 is 5.32 Å². The van der Waals surface area contributed by atoms with Gasteiger partial charge in [0.15, 0.2) is 0 Å². The summed E-state index contributed by atoms with van der Waals surface area (Å²) in [6.07, 6.45) is 0. The molecule has 0 spiro atoms. The first-order valence-electron chi connectivity index (χ1n) is 7.40. The van der Waals surface area contributed by atoms with E-state index in [4.69, 9.17) is 11.6 Å². The van der Waals surface area contributed by atoms with E-state index in [-0.39, 0.29) is 16.7 Å². The van der Waals surface area contributed by atoms with Crippen LogP contribution in [0, 0.1) is 6.92 Å². The van der Waals surface area contributed by atoms with E-state index in [2.05, 4.69) is 5.32 Å². The molecule has 0 aliphatic rings. The summed E-state index contributed by atoms with van der Waals surface area (Å²) in [6.45, 7) is 5.40. The molecule has 1 N–H and O–H groups in total. The molecule has 0 aliphatic heterocycles. The van der Waals surface area contributed by atoms with E-state index in [9.17, 15) is 13.2 Å². The Bertz CT molecular complexity index is 816. The Labute approximate surface area is 151 Å². The number of aryl methyl sites for hydroxylation is 1. The van der Waals surface area contributed by atoms with Crippen molar-refractivity contribution in [1.29, 1.82) is 0 Å². The van der Waals surface area contributed by atoms with Crippen molar-refractivity contribution in [2.24, 2.45) is 0 Å². The molecule has 1 atom stereocenters. The Balaban J connectivity index is 2.19. The smallest absolute Gasteiger partial charge is 0.253 e. The first kappa shape index (κ1) is 18.9. The average Bonchev–Trinajstić information content (AvgIpc) is 2.97. The number of halogens is 1. The summed E-state index contributed by atoms with van der Waals surface area (Å²) in [7, 11) is -3.77. The van der Waals surface area contributed by atoms with Crippen LogP contribution in [0.4, 0.5) is 5.69 Å². The van der Waals surface area contributed by atoms with Gasteiger partial charge in [-0.3, -0.25) is 4.79 Å². The Morgan fingerprint density at radius 3 is 2.38 bits per heavy atom. The van der Waals surface area contributed by atoms with Gasteiger partial charge in [0.05, 0.1) is 4.34 Å². The number of nitrogens with one attached hydrogen (secondary N) is 1. The number of amides is 1. The Kier molecular flexibility index (Phi) is 6.03. The van der Waals surface area contributed by atoms with E-state index < -0.39 is 16.1 Å². The fraction of sp³-hybridized carbons (Fsp3) is 0.312. The summed E-state index contributed by atoms with van der Waals surface area (Å²) in [5.74, 6) is -0.382. The van der Waals surface area contributed by atoms with Crippen LogP contribution in [0.15, 0.2) is 40.6 Å². The molecule has 5 nitrogen and oxygen atoms in total. The van der Waals surface area contributed by atoms with Crippen LogP contribution in [0.5, 0.6) is 0 Å². The van der Waals surface area contributed by atoms with Crippen LogP contribution in [-0.4, -0.2) is 31.2 Å². The van der Waals surface area contributed by atoms with Gasteiger partial charge in [0.2, 0.25) is 5.91 Å². The predicted molar refractivity (Wildman–Crippen MR) is 98.2 cm³/mol. The topological polar surface area (TPSA) is 66.5 Å². The zero-order chi connectivity index (χ0) is 17.9. The van der Waals surface area contributed by atoms with E-state index in [1.165, 1.54) is 16.4 Å². The lowest BCUT2D eigenvalue weighted by molar-refractivity contribution is -0.119. The summed E-state index contributed by atoms with van der Waals surface area (Å²) >= 11 is 6.81. The minimum Gasteiger partial charge on any atom is -0.325 e. The van der Waals surface area contributed by atoms with E-state index in [0.717, 1.165) is 16.9 Å². The number of sulfonamides is 1. The highest BCUT2D eigenvalue weighted by Gasteiger charge is 2.32. The number of carbonyl (C=O) groups is 1. The van der Waals surface area contributed by atoms with Crippen LogP contribution in [0.25, 0.3) is 0 Å². The van der Waals surface area contributed by atoms with E-state index >= 15 is 0 Å². The highest BCUT2D eigenvalue weighted by molar-refractivity contribution is 7.91. The first-order valence-corrected chi connectivity index (χ1v) is 10.0. The van der Waals surface area contributed by atoms with Crippen molar-refractivity contribution in [3.8, 4) is 0 Å². The Hall–Kier alpha value is -1.41. The third-order valence-electron chi connectivity index (χ3n) is 3.55. The number of thiophene rings is 1. The van der Waals surface area contributed by atoms with E-state index in [0.29, 0.717) is 10.0 Å². The molecular formula is C16H19ClN2O3S2. The SMILES string of the molecule is CCN([C@H](C)C(=O)Nc1ccc(C)cc1)S(=O)(=O)c1ccc(Cl)s1. The second kappa shape index (κ2) is 7.65. The number of benzene rings is 1. The molecule has 24 heavy (non-hydrogen) atoms. The van der Waals surface area contributed by atoms with Crippen molar-refractivity contribution < 1.29 is 13.2 Å². The summed E-state index contributed by atoms with van der Waals surface area (Å²) in [5, 5.41) is 2.74. The van der Waals surface area contributed by atoms with Gasteiger partial charge in [-0.15, -0.1) is 11.3 Å². The number of hydrogen-bond donors (Lipinski definition) is 1. The third kappa shape index (κ3) is 4.16. The molecule has 1 amide bonds. The van der Waals surface area contributed by atoms with Gasteiger partial charge >= 0.3 is 0 Å². The lowest BCUT2D eigenvalue weighted by Gasteiger charge is -2.25. The van der Waals surface area contributed by atoms with Crippen molar-refractivity contribution in [3.05, 3.63) is 46.3 Å². The van der Waals surface area contributed by atoms with Crippen LogP contribution in [0.3, 0.4) is 0 Å². The summed E-state index contributed by atoms with van der Waals surface area (Å²) in [4.78, 5) is 12.4. The first-order chi connectivity index (χ1) is 11.3. The molecule has 0 unspecified atom stereocenters. The molecule has 0 saturated carbocycles. The highest BCUT2D eigenvalue weighted by atomic mass is 35.5. The summed E-state index contributed by atoms with van der Waals surface area (Å²) in [5.41, 5.74) is 1.71. The average molecular weight is 387 g/mol. The number of hydrogen-bond acceptors (Lipinski definition) is 4. The largest absolute Gasteiger partial charge is 0.325 e. The zero-order valence-corrected chi connectivity index (χ0v) is 16.0. The van der Waals surface area contributed by atoms with Crippen molar-refractivity contribution in [2.45, 2.75) is 31.0 Å². The summed E-state index contributed by atoms with van der Waals surface area (Å²) in [6, 6.07) is 9.46. The third-order valence-corrected chi connectivity index (χ3v) is 7.30. The van der Waals surface area contributed by atoms with Crippen LogP contribution in [-0.2, 0) is 14.8 Å². The van der Waals surface area contributed by atoms with Crippen molar-refractivity contribution in [2.75, 3.05) is 11.9 Å². The second-order valence-electron chi connectivity index (χ2n) is 5.30. The minimum absolute atomic E-state index is 0.129. The maximum atomic E-state index is 12.7. The molecule has 130 valence electrons. The lowest BCUT2D eigenvalue weighted by atomic mass is 10.2. The van der Waals surface area contributed by atoms with Crippen LogP contribution < -0.4 is 5.32 Å². The molecule has 0 bridgehead atoms. The van der Waals surface area contributed by atoms with E-state index in [1.807, 2.05) is 19.1 Å². The van der Waals surface area contributed by atoms with Crippen LogP contribution in [0.1, 0.15) is 19.4 Å². The molecule has 1 aromatic heterocycles. The number of anilines is 1. The number of rotatable bonds is 6. The van der Waals surface area contributed by atoms with Gasteiger partial charge in [-0.1, -0.05) is 36.2 Å². The zero-order valence-electron chi connectivity index (χ0n) is 13.6. The maximum absolute atomic E-state index is 12.7. The quantitative estimate of drug-likeness (QED) is 0.822. The molecule has 2 aromatic rings. The van der Waals surface area contributed by atoms with Gasteiger partial charge in [-0.25, -0.2) is 8.42 Å². The maximum Gasteiger partial charge on any atom is 0.253 e. The predicted octanol–water partition coefficient (Wildman–Crippen LogP) is 3.75. The van der Waals surface area contributed by atoms with Crippen molar-refractivity contribution >= 4 is 44.6 Å². The number of nitrogens with zero attached hydrogens (tertiary/aromatic N) is 1. The van der Waals surface area contributed by atoms with Gasteiger partial charge in [0.25, 0.3) is 10.0 Å². The summed E-state index contributed by atoms with van der Waals surface area (Å²) < 4.78 is 27.1. The second-order valence-corrected chi connectivity index (χ2v) is 9.13. The molecular weight excluding hydrogens is 368 g/mol. The van der Waals surface area contributed by atoms with Crippen molar-refractivity contribution in [1.82, 2.24) is 4.31 Å². The molecule has 1 aromatic carbocycles. The normalized spacial score (nSPS) is 13.0. The van der Waals surface area contributed by atoms with Gasteiger partial charge in [0, 0.05) is 12.2 Å². The molecule has 0 radical (unpaired) electrons. The Morgan fingerprint density at radius 1 is 1.25 bits per heavy atom. The molecule has 0 aliphatic carbocycles. The van der Waals surface area contributed by atoms with Crippen LogP contribution >= 0.6 is 22.9 Å². The van der Waals surface area contributed by atoms with E-state index in [1.54, 1.807) is 26.0 Å². The molecule has 0 saturated heterocycles. The minimum atomic E-state index is -3.77. The monoisotopic (exact) mass is 386 g/mol. The van der Waals surface area contributed by atoms with Crippen LogP contribution in [0.2, 0.25) is 4.34 Å². The molecule has 0 fully saturated rings. The number of carbonyl (C=O) groups excluding carboxylic acids is 1. The van der Waals surface area contributed by atoms with Gasteiger partial charge in [-0.2, -0.15) is 4.31 Å². The fourth-order valence-corrected chi connectivity index (χ4v) is 5.43. The molecule has 1 heterocycles. The van der Waals surface area contributed by atoms with Crippen molar-refractivity contribution in [3.63, 3.8) is 0 Å². The number of likely N-dealkylation sites (N-methyl/N-ethyl adjacent to an activating group) is 1. The lowest BCUT2D eigenvalue weighted by Crippen LogP contribution is -2.45. The van der Waals surface area contributed by atoms with Gasteiger partial charge in [0.1, 0.15) is 10.3 Å². The Morgan fingerprint density at radius 2 is 1.88 bits per heavy atom. The standard InChI is InChI=1S/C16H19ClN2O3S2/c1-4-19(24(21,22)15-10-9-14(17)23-15)12(3)16(20)18-13-7-5-11(2)6-8-13/h5-10,12H,4H2,1-3H3,(H,18,20)/t12-/m1/s1. The fourth-order valence-electron chi connectivity index (χ4n) is 2.22. The highest BCUT2D eigenvalue weighted by Crippen LogP contribution is 2.29.